The van der Waals surface area contributed by atoms with Gasteiger partial charge in [0.25, 0.3) is 5.91 Å². The summed E-state index contributed by atoms with van der Waals surface area (Å²) in [6.07, 6.45) is 7.94. The van der Waals surface area contributed by atoms with Crippen molar-refractivity contribution in [3.8, 4) is 5.75 Å². The molecule has 1 aromatic heterocycles. The van der Waals surface area contributed by atoms with E-state index in [4.69, 9.17) is 9.47 Å². The average molecular weight is 382 g/mol. The molecule has 0 fully saturated rings. The zero-order valence-corrected chi connectivity index (χ0v) is 16.2. The summed E-state index contributed by atoms with van der Waals surface area (Å²) in [5, 5.41) is 11.3. The molecule has 2 heterocycles. The zero-order valence-electron chi connectivity index (χ0n) is 16.2. The molecule has 4 rings (SSSR count). The van der Waals surface area contributed by atoms with Gasteiger partial charge >= 0.3 is 0 Å². The van der Waals surface area contributed by atoms with Crippen molar-refractivity contribution in [1.29, 1.82) is 0 Å². The topological polar surface area (TPSA) is 78.3 Å². The largest absolute Gasteiger partial charge is 0.497 e. The van der Waals surface area contributed by atoms with E-state index in [1.54, 1.807) is 11.8 Å². The van der Waals surface area contributed by atoms with Gasteiger partial charge in [-0.1, -0.05) is 29.0 Å². The maximum Gasteiger partial charge on any atom is 0.273 e. The van der Waals surface area contributed by atoms with Gasteiger partial charge in [-0.15, -0.1) is 5.10 Å². The molecule has 7 nitrogen and oxygen atoms in total. The van der Waals surface area contributed by atoms with Crippen LogP contribution in [0.1, 0.15) is 60.0 Å². The van der Waals surface area contributed by atoms with Gasteiger partial charge in [0, 0.05) is 6.54 Å². The molecule has 1 aliphatic heterocycles. The molecule has 2 aliphatic rings. The summed E-state index contributed by atoms with van der Waals surface area (Å²) in [6.45, 7) is 1.48. The van der Waals surface area contributed by atoms with Gasteiger partial charge in [-0.2, -0.15) is 0 Å². The number of nitrogens with one attached hydrogen (secondary N) is 1. The molecule has 0 saturated carbocycles. The van der Waals surface area contributed by atoms with E-state index in [2.05, 4.69) is 21.7 Å². The van der Waals surface area contributed by atoms with Crippen molar-refractivity contribution < 1.29 is 14.3 Å². The van der Waals surface area contributed by atoms with Crippen molar-refractivity contribution >= 4 is 5.91 Å². The van der Waals surface area contributed by atoms with Gasteiger partial charge < -0.3 is 14.8 Å². The van der Waals surface area contributed by atoms with Crippen LogP contribution in [0.3, 0.4) is 0 Å². The van der Waals surface area contributed by atoms with E-state index in [-0.39, 0.29) is 12.0 Å². The van der Waals surface area contributed by atoms with Crippen LogP contribution >= 0.6 is 0 Å². The number of fused-ring (bicyclic) bond motifs is 1. The summed E-state index contributed by atoms with van der Waals surface area (Å²) in [4.78, 5) is 12.5. The second-order valence-corrected chi connectivity index (χ2v) is 7.25. The quantitative estimate of drug-likeness (QED) is 0.777. The van der Waals surface area contributed by atoms with E-state index in [1.807, 2.05) is 24.3 Å². The first-order valence-corrected chi connectivity index (χ1v) is 9.88. The standard InChI is InChI=1S/C21H26N4O3/c1-27-17-9-7-16(8-10-17)19-13-25-18(14-28-19)20(23-24-25)21(26)22-12-11-15-5-3-2-4-6-15/h5,7-10,19H,2-4,6,11-14H2,1H3,(H,22,26)/t19-/m0/s1. The molecule has 28 heavy (non-hydrogen) atoms. The van der Waals surface area contributed by atoms with Crippen molar-refractivity contribution in [2.45, 2.75) is 51.4 Å². The number of nitrogens with zero attached hydrogens (tertiary/aromatic N) is 3. The lowest BCUT2D eigenvalue weighted by molar-refractivity contribution is -0.00179. The third-order valence-corrected chi connectivity index (χ3v) is 5.42. The van der Waals surface area contributed by atoms with Crippen molar-refractivity contribution in [3.63, 3.8) is 0 Å². The van der Waals surface area contributed by atoms with Crippen LogP contribution < -0.4 is 10.1 Å². The Morgan fingerprint density at radius 1 is 1.32 bits per heavy atom. The summed E-state index contributed by atoms with van der Waals surface area (Å²) < 4.78 is 13.0. The highest BCUT2D eigenvalue weighted by Crippen LogP contribution is 2.28. The van der Waals surface area contributed by atoms with Crippen LogP contribution in [-0.4, -0.2) is 34.6 Å². The van der Waals surface area contributed by atoms with Crippen molar-refractivity contribution in [3.05, 3.63) is 52.9 Å². The van der Waals surface area contributed by atoms with Gasteiger partial charge in [-0.05, 0) is 49.8 Å². The molecular weight excluding hydrogens is 356 g/mol. The summed E-state index contributed by atoms with van der Waals surface area (Å²) in [5.74, 6) is 0.633. The lowest BCUT2D eigenvalue weighted by Crippen LogP contribution is -2.28. The number of methoxy groups -OCH3 is 1. The molecule has 1 N–H and O–H groups in total. The minimum atomic E-state index is -0.177. The molecule has 0 bridgehead atoms. The van der Waals surface area contributed by atoms with Gasteiger partial charge in [-0.25, -0.2) is 4.68 Å². The first-order chi connectivity index (χ1) is 13.7. The van der Waals surface area contributed by atoms with E-state index in [0.29, 0.717) is 25.4 Å². The Labute approximate surface area is 164 Å². The normalized spacial score (nSPS) is 18.9. The van der Waals surface area contributed by atoms with E-state index in [1.165, 1.54) is 18.4 Å². The summed E-state index contributed by atoms with van der Waals surface area (Å²) in [5.41, 5.74) is 3.60. The van der Waals surface area contributed by atoms with Crippen molar-refractivity contribution in [2.75, 3.05) is 13.7 Å². The predicted octanol–water partition coefficient (Wildman–Crippen LogP) is 3.18. The monoisotopic (exact) mass is 382 g/mol. The first kappa shape index (κ1) is 18.7. The number of carbonyl (C=O) groups is 1. The SMILES string of the molecule is COc1ccc([C@@H]2Cn3nnc(C(=O)NCCC4=CCCCC4)c3CO2)cc1. The highest BCUT2D eigenvalue weighted by molar-refractivity contribution is 5.93. The number of carbonyl (C=O) groups excluding carboxylic acids is 1. The first-order valence-electron chi connectivity index (χ1n) is 9.88. The zero-order chi connectivity index (χ0) is 19.3. The number of hydrogen-bond acceptors (Lipinski definition) is 5. The summed E-state index contributed by atoms with van der Waals surface area (Å²) in [7, 11) is 1.65. The molecule has 1 aliphatic carbocycles. The minimum absolute atomic E-state index is 0.116. The highest BCUT2D eigenvalue weighted by Gasteiger charge is 2.27. The third kappa shape index (κ3) is 4.09. The van der Waals surface area contributed by atoms with Crippen LogP contribution in [0, 0.1) is 0 Å². The van der Waals surface area contributed by atoms with Crippen molar-refractivity contribution in [2.24, 2.45) is 0 Å². The molecule has 2 aromatic rings. The van der Waals surface area contributed by atoms with Gasteiger partial charge in [0.05, 0.1) is 26.0 Å². The lowest BCUT2D eigenvalue weighted by Gasteiger charge is -2.24. The molecule has 0 radical (unpaired) electrons. The number of ether oxygens (including phenoxy) is 2. The van der Waals surface area contributed by atoms with Crippen LogP contribution in [0.4, 0.5) is 0 Å². The van der Waals surface area contributed by atoms with Gasteiger partial charge in [0.1, 0.15) is 11.9 Å². The summed E-state index contributed by atoms with van der Waals surface area (Å²) >= 11 is 0. The van der Waals surface area contributed by atoms with Crippen LogP contribution in [0.5, 0.6) is 5.75 Å². The number of rotatable bonds is 6. The molecule has 0 saturated heterocycles. The average Bonchev–Trinajstić information content (AvgIpc) is 3.18. The highest BCUT2D eigenvalue weighted by atomic mass is 16.5. The second-order valence-electron chi connectivity index (χ2n) is 7.25. The minimum Gasteiger partial charge on any atom is -0.497 e. The fourth-order valence-electron chi connectivity index (χ4n) is 3.76. The maximum atomic E-state index is 12.5. The number of benzene rings is 1. The van der Waals surface area contributed by atoms with E-state index >= 15 is 0 Å². The Bertz CT molecular complexity index is 857. The van der Waals surface area contributed by atoms with Crippen LogP contribution in [-0.2, 0) is 17.9 Å². The van der Waals surface area contributed by atoms with Crippen molar-refractivity contribution in [1.82, 2.24) is 20.3 Å². The molecule has 1 aromatic carbocycles. The Morgan fingerprint density at radius 2 is 2.18 bits per heavy atom. The smallest absolute Gasteiger partial charge is 0.273 e. The molecular formula is C21H26N4O3. The fraction of sp³-hybridized carbons (Fsp3) is 0.476. The molecule has 7 heteroatoms. The Kier molecular flexibility index (Phi) is 5.71. The molecule has 1 amide bonds. The van der Waals surface area contributed by atoms with Crippen LogP contribution in [0.15, 0.2) is 35.9 Å². The van der Waals surface area contributed by atoms with E-state index in [0.717, 1.165) is 36.3 Å². The van der Waals surface area contributed by atoms with Crippen LogP contribution in [0.25, 0.3) is 0 Å². The number of aromatic nitrogens is 3. The lowest BCUT2D eigenvalue weighted by atomic mass is 9.97. The predicted molar refractivity (Wildman–Crippen MR) is 104 cm³/mol. The van der Waals surface area contributed by atoms with Gasteiger partial charge in [-0.3, -0.25) is 4.79 Å². The maximum absolute atomic E-state index is 12.5. The fourth-order valence-corrected chi connectivity index (χ4v) is 3.76. The molecule has 0 spiro atoms. The molecule has 1 atom stereocenters. The third-order valence-electron chi connectivity index (χ3n) is 5.42. The number of hydrogen-bond donors (Lipinski definition) is 1. The van der Waals surface area contributed by atoms with E-state index in [9.17, 15) is 4.79 Å². The molecule has 0 unspecified atom stereocenters. The van der Waals surface area contributed by atoms with Gasteiger partial charge in [0.2, 0.25) is 0 Å². The van der Waals surface area contributed by atoms with Crippen LogP contribution in [0.2, 0.25) is 0 Å². The Hall–Kier alpha value is -2.67. The summed E-state index contributed by atoms with van der Waals surface area (Å²) in [6, 6.07) is 7.80. The van der Waals surface area contributed by atoms with E-state index < -0.39 is 0 Å². The Morgan fingerprint density at radius 3 is 2.93 bits per heavy atom. The number of amides is 1. The van der Waals surface area contributed by atoms with Gasteiger partial charge in [0.15, 0.2) is 5.69 Å². The molecule has 148 valence electrons. The number of allylic oxidation sites excluding steroid dienone is 1. The second kappa shape index (κ2) is 8.56. The Balaban J connectivity index is 1.36.